The molecule has 1 N–H and O–H groups in total. The number of aromatic nitrogens is 2. The number of alkyl halides is 3. The van der Waals surface area contributed by atoms with Crippen LogP contribution in [-0.2, 0) is 11.0 Å². The molecule has 0 aliphatic heterocycles. The third kappa shape index (κ3) is 6.64. The number of carboxylic acids is 1. The standard InChI is InChI=1S/C30H36Cl2F3N3O4/c1-17-13-21(31)24(22(32)14-17)23(39)16-37(18-5-9-28(2,3)10-6-18)26(40)20-15-36-38(25(20)30(33,34)35)19-7-11-29(4,12-8-19)27(41)42/h13-15,18-19H,5-12,16H2,1-4H3,(H,41,42)/t19-,29-. The van der Waals surface area contributed by atoms with Crippen molar-refractivity contribution in [3.63, 3.8) is 0 Å². The highest BCUT2D eigenvalue weighted by Gasteiger charge is 2.46. The molecule has 7 nitrogen and oxygen atoms in total. The number of benzene rings is 1. The van der Waals surface area contributed by atoms with Crippen LogP contribution in [-0.4, -0.2) is 50.0 Å². The number of carbonyl (C=O) groups is 3. The zero-order chi connectivity index (χ0) is 31.2. The molecule has 4 rings (SSSR count). The molecule has 2 aliphatic carbocycles. The second-order valence-electron chi connectivity index (χ2n) is 12.8. The molecule has 0 radical (unpaired) electrons. The molecule has 0 bridgehead atoms. The number of aryl methyl sites for hydroxylation is 1. The molecule has 12 heteroatoms. The highest BCUT2D eigenvalue weighted by Crippen LogP contribution is 2.44. The van der Waals surface area contributed by atoms with Crippen LogP contribution in [0.4, 0.5) is 13.2 Å². The Labute approximate surface area is 253 Å². The third-order valence-electron chi connectivity index (χ3n) is 9.00. The fraction of sp³-hybridized carbons (Fsp3) is 0.600. The summed E-state index contributed by atoms with van der Waals surface area (Å²) in [5, 5.41) is 13.8. The van der Waals surface area contributed by atoms with Gasteiger partial charge in [-0.3, -0.25) is 19.1 Å². The molecule has 0 saturated heterocycles. The van der Waals surface area contributed by atoms with Crippen molar-refractivity contribution in [2.45, 2.75) is 97.3 Å². The van der Waals surface area contributed by atoms with Gasteiger partial charge in [-0.05, 0) is 88.3 Å². The van der Waals surface area contributed by atoms with Gasteiger partial charge in [0.05, 0.1) is 45.4 Å². The number of Topliss-reactive ketones (excluding diaryl/α,β-unsaturated/α-hetero) is 1. The molecule has 2 fully saturated rings. The van der Waals surface area contributed by atoms with Gasteiger partial charge in [-0.1, -0.05) is 37.0 Å². The van der Waals surface area contributed by atoms with Gasteiger partial charge in [0.1, 0.15) is 0 Å². The van der Waals surface area contributed by atoms with E-state index in [1.54, 1.807) is 26.0 Å². The van der Waals surface area contributed by atoms with Crippen LogP contribution in [0.15, 0.2) is 18.3 Å². The Hall–Kier alpha value is -2.59. The van der Waals surface area contributed by atoms with E-state index >= 15 is 0 Å². The van der Waals surface area contributed by atoms with Crippen molar-refractivity contribution in [2.75, 3.05) is 6.54 Å². The fourth-order valence-electron chi connectivity index (χ4n) is 6.19. The quantitative estimate of drug-likeness (QED) is 0.313. The van der Waals surface area contributed by atoms with Crippen molar-refractivity contribution >= 4 is 40.9 Å². The summed E-state index contributed by atoms with van der Waals surface area (Å²) >= 11 is 12.7. The fourth-order valence-corrected chi connectivity index (χ4v) is 7.00. The minimum atomic E-state index is -4.91. The molecule has 1 amide bonds. The predicted molar refractivity (Wildman–Crippen MR) is 153 cm³/mol. The number of carboxylic acid groups (broad SMARTS) is 1. The summed E-state index contributed by atoms with van der Waals surface area (Å²) in [7, 11) is 0. The highest BCUT2D eigenvalue weighted by atomic mass is 35.5. The lowest BCUT2D eigenvalue weighted by Gasteiger charge is -2.40. The molecule has 1 aromatic carbocycles. The molecule has 2 aromatic rings. The summed E-state index contributed by atoms with van der Waals surface area (Å²) in [6.45, 7) is 7.04. The first-order chi connectivity index (χ1) is 19.4. The largest absolute Gasteiger partial charge is 0.481 e. The van der Waals surface area contributed by atoms with Gasteiger partial charge in [0.2, 0.25) is 0 Å². The Morgan fingerprint density at radius 3 is 2.07 bits per heavy atom. The van der Waals surface area contributed by atoms with Gasteiger partial charge in [-0.15, -0.1) is 0 Å². The first kappa shape index (κ1) is 32.3. The Morgan fingerprint density at radius 1 is 1.02 bits per heavy atom. The number of ketones is 1. The lowest BCUT2D eigenvalue weighted by Crippen LogP contribution is -2.46. The van der Waals surface area contributed by atoms with Crippen LogP contribution in [0.1, 0.15) is 110 Å². The van der Waals surface area contributed by atoms with E-state index in [-0.39, 0.29) is 46.7 Å². The number of nitrogens with zero attached hydrogens (tertiary/aromatic N) is 3. The molecule has 1 heterocycles. The minimum Gasteiger partial charge on any atom is -0.481 e. The molecule has 0 spiro atoms. The van der Waals surface area contributed by atoms with E-state index in [0.717, 1.165) is 29.3 Å². The van der Waals surface area contributed by atoms with Crippen molar-refractivity contribution < 1.29 is 32.7 Å². The van der Waals surface area contributed by atoms with Crippen LogP contribution in [0.2, 0.25) is 10.0 Å². The van der Waals surface area contributed by atoms with Gasteiger partial charge in [0, 0.05) is 6.04 Å². The van der Waals surface area contributed by atoms with Crippen LogP contribution >= 0.6 is 23.2 Å². The molecule has 0 unspecified atom stereocenters. The molecular formula is C30H36Cl2F3N3O4. The summed E-state index contributed by atoms with van der Waals surface area (Å²) in [6.07, 6.45) is -0.768. The van der Waals surface area contributed by atoms with E-state index in [9.17, 15) is 32.7 Å². The van der Waals surface area contributed by atoms with E-state index in [2.05, 4.69) is 18.9 Å². The zero-order valence-electron chi connectivity index (χ0n) is 24.2. The van der Waals surface area contributed by atoms with E-state index in [1.165, 1.54) is 4.90 Å². The predicted octanol–water partition coefficient (Wildman–Crippen LogP) is 8.02. The van der Waals surface area contributed by atoms with E-state index in [4.69, 9.17) is 23.2 Å². The van der Waals surface area contributed by atoms with Gasteiger partial charge >= 0.3 is 12.1 Å². The van der Waals surface area contributed by atoms with E-state index in [0.29, 0.717) is 12.8 Å². The monoisotopic (exact) mass is 629 g/mol. The van der Waals surface area contributed by atoms with E-state index in [1.807, 2.05) is 0 Å². The third-order valence-corrected chi connectivity index (χ3v) is 9.60. The van der Waals surface area contributed by atoms with Crippen molar-refractivity contribution in [1.82, 2.24) is 14.7 Å². The SMILES string of the molecule is Cc1cc(Cl)c(C(=O)CN(C(=O)c2cnn([C@H]3CC[C@](C)(C(=O)O)CC3)c2C(F)(F)F)C2CCC(C)(C)CC2)c(Cl)c1. The Kier molecular flexibility index (Phi) is 9.11. The minimum absolute atomic E-state index is 0.00620. The first-order valence-electron chi connectivity index (χ1n) is 14.1. The van der Waals surface area contributed by atoms with Crippen molar-refractivity contribution in [2.24, 2.45) is 10.8 Å². The molecule has 2 saturated carbocycles. The van der Waals surface area contributed by atoms with Crippen LogP contribution in [0.3, 0.4) is 0 Å². The molecule has 1 aromatic heterocycles. The van der Waals surface area contributed by atoms with Gasteiger partial charge < -0.3 is 10.0 Å². The second-order valence-corrected chi connectivity index (χ2v) is 13.6. The van der Waals surface area contributed by atoms with Crippen LogP contribution < -0.4 is 0 Å². The van der Waals surface area contributed by atoms with Gasteiger partial charge in [-0.25, -0.2) is 0 Å². The Balaban J connectivity index is 1.70. The number of hydrogen-bond donors (Lipinski definition) is 1. The number of amides is 1. The van der Waals surface area contributed by atoms with Gasteiger partial charge in [0.25, 0.3) is 5.91 Å². The average molecular weight is 631 g/mol. The van der Waals surface area contributed by atoms with Crippen LogP contribution in [0.25, 0.3) is 0 Å². The lowest BCUT2D eigenvalue weighted by atomic mass is 9.74. The number of aliphatic carboxylic acids is 1. The van der Waals surface area contributed by atoms with Crippen molar-refractivity contribution in [3.05, 3.63) is 50.8 Å². The van der Waals surface area contributed by atoms with Gasteiger partial charge in [-0.2, -0.15) is 18.3 Å². The maximum Gasteiger partial charge on any atom is 0.433 e. The smallest absolute Gasteiger partial charge is 0.433 e. The first-order valence-corrected chi connectivity index (χ1v) is 14.9. The topological polar surface area (TPSA) is 92.5 Å². The summed E-state index contributed by atoms with van der Waals surface area (Å²) in [6, 6.07) is 1.96. The number of halogens is 5. The number of hydrogen-bond acceptors (Lipinski definition) is 4. The Bertz CT molecular complexity index is 1350. The molecular weight excluding hydrogens is 594 g/mol. The summed E-state index contributed by atoms with van der Waals surface area (Å²) < 4.78 is 44.6. The normalized spacial score (nSPS) is 23.0. The highest BCUT2D eigenvalue weighted by molar-refractivity contribution is 6.40. The summed E-state index contributed by atoms with van der Waals surface area (Å²) in [4.78, 5) is 40.4. The Morgan fingerprint density at radius 2 is 1.57 bits per heavy atom. The average Bonchev–Trinajstić information content (AvgIpc) is 3.33. The van der Waals surface area contributed by atoms with Crippen LogP contribution in [0.5, 0.6) is 0 Å². The molecule has 2 aliphatic rings. The maximum atomic E-state index is 14.6. The number of rotatable bonds is 7. The summed E-state index contributed by atoms with van der Waals surface area (Å²) in [5.41, 5.74) is -2.08. The summed E-state index contributed by atoms with van der Waals surface area (Å²) in [5.74, 6) is -2.49. The maximum absolute atomic E-state index is 14.6. The van der Waals surface area contributed by atoms with Gasteiger partial charge in [0.15, 0.2) is 11.5 Å². The molecule has 230 valence electrons. The number of carbonyl (C=O) groups excluding carboxylic acids is 2. The van der Waals surface area contributed by atoms with Crippen LogP contribution in [0, 0.1) is 17.8 Å². The second kappa shape index (κ2) is 11.8. The van der Waals surface area contributed by atoms with Crippen molar-refractivity contribution in [1.29, 1.82) is 0 Å². The van der Waals surface area contributed by atoms with Crippen molar-refractivity contribution in [3.8, 4) is 0 Å². The zero-order valence-corrected chi connectivity index (χ0v) is 25.7. The molecule has 0 atom stereocenters. The van der Waals surface area contributed by atoms with E-state index < -0.39 is 59.1 Å². The molecule has 42 heavy (non-hydrogen) atoms. The lowest BCUT2D eigenvalue weighted by molar-refractivity contribution is -0.152.